The molecule has 21 heavy (non-hydrogen) atoms. The molecule has 0 saturated carbocycles. The van der Waals surface area contributed by atoms with Crippen molar-refractivity contribution in [2.75, 3.05) is 6.54 Å². The molecule has 4 nitrogen and oxygen atoms in total. The second-order valence-corrected chi connectivity index (χ2v) is 5.58. The van der Waals surface area contributed by atoms with Crippen molar-refractivity contribution in [2.45, 2.75) is 52.5 Å². The van der Waals surface area contributed by atoms with Crippen LogP contribution in [-0.4, -0.2) is 22.7 Å². The van der Waals surface area contributed by atoms with E-state index in [1.54, 1.807) is 0 Å². The maximum atomic E-state index is 5.50. The van der Waals surface area contributed by atoms with Crippen molar-refractivity contribution in [2.24, 2.45) is 0 Å². The van der Waals surface area contributed by atoms with Crippen LogP contribution in [0, 0.1) is 6.92 Å². The summed E-state index contributed by atoms with van der Waals surface area (Å²) < 4.78 is 5.50. The fourth-order valence-corrected chi connectivity index (χ4v) is 2.46. The van der Waals surface area contributed by atoms with Gasteiger partial charge in [-0.1, -0.05) is 48.8 Å². The topological polar surface area (TPSA) is 51.0 Å². The minimum absolute atomic E-state index is 0.253. The van der Waals surface area contributed by atoms with Crippen molar-refractivity contribution < 1.29 is 4.52 Å². The lowest BCUT2D eigenvalue weighted by Gasteiger charge is -2.20. The molecule has 2 atom stereocenters. The molecule has 0 bridgehead atoms. The zero-order valence-corrected chi connectivity index (χ0v) is 13.4. The number of aryl methyl sites for hydroxylation is 1. The average molecular weight is 287 g/mol. The van der Waals surface area contributed by atoms with Gasteiger partial charge in [0.05, 0.1) is 5.92 Å². The Morgan fingerprint density at radius 3 is 2.52 bits per heavy atom. The first-order chi connectivity index (χ1) is 10.2. The molecule has 114 valence electrons. The van der Waals surface area contributed by atoms with Crippen molar-refractivity contribution in [3.05, 3.63) is 35.7 Å². The third kappa shape index (κ3) is 3.91. The van der Waals surface area contributed by atoms with Gasteiger partial charge in [0.1, 0.15) is 0 Å². The van der Waals surface area contributed by atoms with E-state index in [-0.39, 0.29) is 5.92 Å². The van der Waals surface area contributed by atoms with Crippen molar-refractivity contribution in [3.8, 4) is 11.4 Å². The Bertz CT molecular complexity index is 547. The van der Waals surface area contributed by atoms with Gasteiger partial charge in [-0.05, 0) is 33.2 Å². The van der Waals surface area contributed by atoms with E-state index in [9.17, 15) is 0 Å². The highest BCUT2D eigenvalue weighted by atomic mass is 16.5. The summed E-state index contributed by atoms with van der Waals surface area (Å²) in [6, 6.07) is 8.52. The average Bonchev–Trinajstić information content (AvgIpc) is 2.96. The van der Waals surface area contributed by atoms with Gasteiger partial charge in [-0.2, -0.15) is 4.98 Å². The quantitative estimate of drug-likeness (QED) is 0.838. The van der Waals surface area contributed by atoms with Gasteiger partial charge in [-0.15, -0.1) is 0 Å². The zero-order valence-electron chi connectivity index (χ0n) is 13.4. The Morgan fingerprint density at radius 2 is 1.90 bits per heavy atom. The van der Waals surface area contributed by atoms with Gasteiger partial charge in [0.2, 0.25) is 11.7 Å². The van der Waals surface area contributed by atoms with Crippen LogP contribution in [0.1, 0.15) is 51.0 Å². The summed E-state index contributed by atoms with van der Waals surface area (Å²) in [7, 11) is 0. The molecule has 0 fully saturated rings. The Morgan fingerprint density at radius 1 is 1.19 bits per heavy atom. The van der Waals surface area contributed by atoms with Crippen LogP contribution in [0.3, 0.4) is 0 Å². The highest BCUT2D eigenvalue weighted by molar-refractivity contribution is 5.54. The maximum Gasteiger partial charge on any atom is 0.231 e. The molecule has 2 aromatic rings. The molecule has 2 rings (SSSR count). The predicted octanol–water partition coefficient (Wildman–Crippen LogP) is 3.93. The SMILES string of the molecule is CCCNC(C)C(CC)c1nc(-c2ccc(C)cc2)no1. The van der Waals surface area contributed by atoms with Gasteiger partial charge in [0.25, 0.3) is 0 Å². The molecule has 1 aromatic heterocycles. The van der Waals surface area contributed by atoms with E-state index < -0.39 is 0 Å². The molecule has 1 heterocycles. The molecule has 1 aromatic carbocycles. The Balaban J connectivity index is 2.15. The van der Waals surface area contributed by atoms with Crippen LogP contribution < -0.4 is 5.32 Å². The van der Waals surface area contributed by atoms with E-state index in [4.69, 9.17) is 4.52 Å². The van der Waals surface area contributed by atoms with Gasteiger partial charge in [0.15, 0.2) is 0 Å². The molecule has 2 unspecified atom stereocenters. The van der Waals surface area contributed by atoms with Crippen LogP contribution in [0.4, 0.5) is 0 Å². The summed E-state index contributed by atoms with van der Waals surface area (Å²) in [4.78, 5) is 4.59. The summed E-state index contributed by atoms with van der Waals surface area (Å²) in [5.74, 6) is 1.65. The molecule has 0 radical (unpaired) electrons. The van der Waals surface area contributed by atoms with Crippen molar-refractivity contribution in [1.29, 1.82) is 0 Å². The zero-order chi connectivity index (χ0) is 15.2. The van der Waals surface area contributed by atoms with Crippen LogP contribution in [0.5, 0.6) is 0 Å². The predicted molar refractivity (Wildman–Crippen MR) is 85.3 cm³/mol. The highest BCUT2D eigenvalue weighted by Gasteiger charge is 2.23. The maximum absolute atomic E-state index is 5.50. The summed E-state index contributed by atoms with van der Waals surface area (Å²) >= 11 is 0. The molecular formula is C17H25N3O. The normalized spacial score (nSPS) is 14.1. The molecule has 0 aliphatic carbocycles. The fourth-order valence-electron chi connectivity index (χ4n) is 2.46. The van der Waals surface area contributed by atoms with Crippen molar-refractivity contribution >= 4 is 0 Å². The lowest BCUT2D eigenvalue weighted by molar-refractivity contribution is 0.316. The Hall–Kier alpha value is -1.68. The Labute approximate surface area is 127 Å². The first-order valence-electron chi connectivity index (χ1n) is 7.79. The smallest absolute Gasteiger partial charge is 0.231 e. The molecule has 4 heteroatoms. The molecule has 0 saturated heterocycles. The van der Waals surface area contributed by atoms with E-state index in [0.29, 0.717) is 11.9 Å². The van der Waals surface area contributed by atoms with Crippen LogP contribution >= 0.6 is 0 Å². The van der Waals surface area contributed by atoms with Gasteiger partial charge < -0.3 is 9.84 Å². The number of aromatic nitrogens is 2. The molecule has 0 spiro atoms. The molecule has 0 amide bonds. The third-order valence-corrected chi connectivity index (χ3v) is 3.83. The molecule has 0 aliphatic heterocycles. The van der Waals surface area contributed by atoms with E-state index in [1.165, 1.54) is 5.56 Å². The molecular weight excluding hydrogens is 262 g/mol. The number of hydrogen-bond donors (Lipinski definition) is 1. The summed E-state index contributed by atoms with van der Waals surface area (Å²) in [5.41, 5.74) is 2.23. The monoisotopic (exact) mass is 287 g/mol. The first kappa shape index (κ1) is 15.7. The number of benzene rings is 1. The summed E-state index contributed by atoms with van der Waals surface area (Å²) in [6.07, 6.45) is 2.10. The van der Waals surface area contributed by atoms with E-state index in [2.05, 4.69) is 55.3 Å². The van der Waals surface area contributed by atoms with E-state index in [1.807, 2.05) is 12.1 Å². The second-order valence-electron chi connectivity index (χ2n) is 5.58. The lowest BCUT2D eigenvalue weighted by atomic mass is 9.98. The minimum Gasteiger partial charge on any atom is -0.339 e. The summed E-state index contributed by atoms with van der Waals surface area (Å²) in [5, 5.41) is 7.64. The third-order valence-electron chi connectivity index (χ3n) is 3.83. The molecule has 1 N–H and O–H groups in total. The van der Waals surface area contributed by atoms with Gasteiger partial charge in [-0.25, -0.2) is 0 Å². The van der Waals surface area contributed by atoms with Gasteiger partial charge in [0, 0.05) is 11.6 Å². The van der Waals surface area contributed by atoms with Crippen LogP contribution in [0.2, 0.25) is 0 Å². The number of nitrogens with zero attached hydrogens (tertiary/aromatic N) is 2. The van der Waals surface area contributed by atoms with Crippen LogP contribution in [0.15, 0.2) is 28.8 Å². The Kier molecular flexibility index (Phi) is 5.51. The number of nitrogens with one attached hydrogen (secondary N) is 1. The summed E-state index contributed by atoms with van der Waals surface area (Å²) in [6.45, 7) is 9.59. The molecule has 0 aliphatic rings. The first-order valence-corrected chi connectivity index (χ1v) is 7.79. The minimum atomic E-state index is 0.253. The fraction of sp³-hybridized carbons (Fsp3) is 0.529. The van der Waals surface area contributed by atoms with E-state index in [0.717, 1.165) is 30.8 Å². The lowest BCUT2D eigenvalue weighted by Crippen LogP contribution is -2.32. The largest absolute Gasteiger partial charge is 0.339 e. The van der Waals surface area contributed by atoms with E-state index >= 15 is 0 Å². The number of hydrogen-bond acceptors (Lipinski definition) is 4. The van der Waals surface area contributed by atoms with Gasteiger partial charge in [-0.3, -0.25) is 0 Å². The van der Waals surface area contributed by atoms with Crippen molar-refractivity contribution in [3.63, 3.8) is 0 Å². The number of rotatable bonds is 7. The van der Waals surface area contributed by atoms with Crippen LogP contribution in [0.25, 0.3) is 11.4 Å². The highest BCUT2D eigenvalue weighted by Crippen LogP contribution is 2.25. The van der Waals surface area contributed by atoms with Crippen LogP contribution in [-0.2, 0) is 0 Å². The standard InChI is InChI=1S/C17H25N3O/c1-5-11-18-13(4)15(6-2)17-19-16(20-21-17)14-9-7-12(3)8-10-14/h7-10,13,15,18H,5-6,11H2,1-4H3. The van der Waals surface area contributed by atoms with Gasteiger partial charge >= 0.3 is 0 Å². The second kappa shape index (κ2) is 7.36. The van der Waals surface area contributed by atoms with Crippen molar-refractivity contribution in [1.82, 2.24) is 15.5 Å².